The fourth-order valence-corrected chi connectivity index (χ4v) is 4.99. The standard InChI is InChI=1S/C20H28BClO2/c1-18(2)19(3,4)24-21(23-18)16-12-20(5,17(16)13-6-7-13)14-8-10-15(22)11-9-14/h8-11,13,16-17H,6-7,12H2,1-5H3/t16-,17-,20-/m1/s1. The van der Waals surface area contributed by atoms with Crippen LogP contribution in [0.1, 0.15) is 59.4 Å². The number of halogens is 1. The largest absolute Gasteiger partial charge is 0.461 e. The summed E-state index contributed by atoms with van der Waals surface area (Å²) in [6.45, 7) is 11.0. The van der Waals surface area contributed by atoms with Crippen molar-refractivity contribution in [3.05, 3.63) is 34.9 Å². The van der Waals surface area contributed by atoms with Crippen LogP contribution in [0.4, 0.5) is 0 Å². The summed E-state index contributed by atoms with van der Waals surface area (Å²) in [6.07, 6.45) is 3.83. The van der Waals surface area contributed by atoms with E-state index >= 15 is 0 Å². The van der Waals surface area contributed by atoms with Crippen LogP contribution in [0.3, 0.4) is 0 Å². The van der Waals surface area contributed by atoms with Crippen LogP contribution in [0.25, 0.3) is 0 Å². The van der Waals surface area contributed by atoms with Crippen LogP contribution in [0, 0.1) is 11.8 Å². The summed E-state index contributed by atoms with van der Waals surface area (Å²) >= 11 is 6.09. The summed E-state index contributed by atoms with van der Waals surface area (Å²) in [4.78, 5) is 0. The highest BCUT2D eigenvalue weighted by molar-refractivity contribution is 6.48. The molecule has 0 unspecified atom stereocenters. The van der Waals surface area contributed by atoms with Crippen LogP contribution in [0.2, 0.25) is 10.8 Å². The number of hydrogen-bond donors (Lipinski definition) is 0. The molecule has 0 spiro atoms. The lowest BCUT2D eigenvalue weighted by atomic mass is 9.40. The van der Waals surface area contributed by atoms with Crippen molar-refractivity contribution in [1.82, 2.24) is 0 Å². The lowest BCUT2D eigenvalue weighted by Gasteiger charge is -2.55. The van der Waals surface area contributed by atoms with Crippen molar-refractivity contribution in [2.45, 2.75) is 76.3 Å². The summed E-state index contributed by atoms with van der Waals surface area (Å²) < 4.78 is 12.8. The molecule has 4 rings (SSSR count). The van der Waals surface area contributed by atoms with Gasteiger partial charge in [-0.25, -0.2) is 0 Å². The lowest BCUT2D eigenvalue weighted by molar-refractivity contribution is 0.00578. The molecule has 1 aromatic rings. The van der Waals surface area contributed by atoms with E-state index in [0.717, 1.165) is 17.4 Å². The average molecular weight is 347 g/mol. The van der Waals surface area contributed by atoms with E-state index in [0.29, 0.717) is 11.7 Å². The zero-order valence-corrected chi connectivity index (χ0v) is 16.2. The molecular weight excluding hydrogens is 318 g/mol. The molecule has 1 heterocycles. The SMILES string of the molecule is CC1(C)OB([C@@H]2C[C@](C)(c3ccc(Cl)cc3)[C@@H]2C2CC2)OC1(C)C. The molecule has 0 bridgehead atoms. The fourth-order valence-electron chi connectivity index (χ4n) is 4.86. The van der Waals surface area contributed by atoms with Crippen molar-refractivity contribution in [3.8, 4) is 0 Å². The molecule has 2 aliphatic carbocycles. The van der Waals surface area contributed by atoms with E-state index in [2.05, 4.69) is 46.8 Å². The fraction of sp³-hybridized carbons (Fsp3) is 0.700. The zero-order chi connectivity index (χ0) is 17.3. The first-order valence-electron chi connectivity index (χ1n) is 9.26. The summed E-state index contributed by atoms with van der Waals surface area (Å²) in [5, 5.41) is 0.812. The van der Waals surface area contributed by atoms with Crippen LogP contribution in [-0.2, 0) is 14.7 Å². The highest BCUT2D eigenvalue weighted by atomic mass is 35.5. The molecule has 0 amide bonds. The predicted molar refractivity (Wildman–Crippen MR) is 99.5 cm³/mol. The molecule has 3 aliphatic rings. The smallest absolute Gasteiger partial charge is 0.403 e. The topological polar surface area (TPSA) is 18.5 Å². The molecule has 130 valence electrons. The van der Waals surface area contributed by atoms with E-state index in [1.165, 1.54) is 18.4 Å². The van der Waals surface area contributed by atoms with E-state index in [1.807, 2.05) is 12.1 Å². The van der Waals surface area contributed by atoms with Crippen molar-refractivity contribution in [2.24, 2.45) is 11.8 Å². The van der Waals surface area contributed by atoms with Gasteiger partial charge in [-0.2, -0.15) is 0 Å². The molecule has 24 heavy (non-hydrogen) atoms. The van der Waals surface area contributed by atoms with Crippen LogP contribution in [-0.4, -0.2) is 18.3 Å². The predicted octanol–water partition coefficient (Wildman–Crippen LogP) is 5.49. The van der Waals surface area contributed by atoms with Gasteiger partial charge in [0.1, 0.15) is 0 Å². The highest BCUT2D eigenvalue weighted by Crippen LogP contribution is 2.66. The third kappa shape index (κ3) is 2.47. The Bertz CT molecular complexity index is 622. The van der Waals surface area contributed by atoms with E-state index in [1.54, 1.807) is 0 Å². The molecule has 3 atom stereocenters. The molecule has 0 radical (unpaired) electrons. The Balaban J connectivity index is 1.58. The van der Waals surface area contributed by atoms with Crippen LogP contribution in [0.15, 0.2) is 24.3 Å². The summed E-state index contributed by atoms with van der Waals surface area (Å²) in [5.74, 6) is 1.97. The molecule has 1 aliphatic heterocycles. The molecule has 0 aromatic heterocycles. The Kier molecular flexibility index (Phi) is 3.70. The van der Waals surface area contributed by atoms with Gasteiger partial charge in [0.05, 0.1) is 11.2 Å². The van der Waals surface area contributed by atoms with Gasteiger partial charge in [-0.3, -0.25) is 0 Å². The Hall–Kier alpha value is -0.505. The van der Waals surface area contributed by atoms with Gasteiger partial charge in [-0.1, -0.05) is 30.7 Å². The van der Waals surface area contributed by atoms with Crippen molar-refractivity contribution >= 4 is 18.7 Å². The van der Waals surface area contributed by atoms with Gasteiger partial charge in [-0.05, 0) is 87.7 Å². The van der Waals surface area contributed by atoms with Crippen molar-refractivity contribution in [2.75, 3.05) is 0 Å². The molecule has 1 aromatic carbocycles. The highest BCUT2D eigenvalue weighted by Gasteiger charge is 2.65. The molecular formula is C20H28BClO2. The van der Waals surface area contributed by atoms with E-state index in [-0.39, 0.29) is 23.7 Å². The minimum atomic E-state index is -0.238. The molecule has 1 saturated heterocycles. The van der Waals surface area contributed by atoms with Crippen molar-refractivity contribution in [1.29, 1.82) is 0 Å². The minimum Gasteiger partial charge on any atom is -0.403 e. The average Bonchev–Trinajstić information content (AvgIpc) is 3.24. The maximum absolute atomic E-state index is 6.38. The first-order valence-corrected chi connectivity index (χ1v) is 9.63. The Morgan fingerprint density at radius 1 is 0.958 bits per heavy atom. The normalized spacial score (nSPS) is 37.3. The van der Waals surface area contributed by atoms with E-state index in [9.17, 15) is 0 Å². The lowest BCUT2D eigenvalue weighted by Crippen LogP contribution is -2.53. The Morgan fingerprint density at radius 3 is 2.00 bits per heavy atom. The number of rotatable bonds is 3. The van der Waals surface area contributed by atoms with Gasteiger partial charge < -0.3 is 9.31 Å². The van der Waals surface area contributed by atoms with Gasteiger partial charge in [0.2, 0.25) is 0 Å². The summed E-state index contributed by atoms with van der Waals surface area (Å²) in [6, 6.07) is 8.46. The first kappa shape index (κ1) is 16.9. The van der Waals surface area contributed by atoms with Gasteiger partial charge in [0.25, 0.3) is 0 Å². The second kappa shape index (κ2) is 5.25. The Labute approximate surface area is 151 Å². The van der Waals surface area contributed by atoms with Crippen LogP contribution >= 0.6 is 11.6 Å². The third-order valence-electron chi connectivity index (χ3n) is 7.11. The third-order valence-corrected chi connectivity index (χ3v) is 7.36. The van der Waals surface area contributed by atoms with Gasteiger partial charge >= 0.3 is 7.12 Å². The van der Waals surface area contributed by atoms with Crippen LogP contribution < -0.4 is 0 Å². The molecule has 0 N–H and O–H groups in total. The molecule has 4 heteroatoms. The zero-order valence-electron chi connectivity index (χ0n) is 15.4. The molecule has 2 saturated carbocycles. The quantitative estimate of drug-likeness (QED) is 0.674. The van der Waals surface area contributed by atoms with Gasteiger partial charge in [0, 0.05) is 5.02 Å². The summed E-state index contributed by atoms with van der Waals surface area (Å²) in [7, 11) is -0.0685. The van der Waals surface area contributed by atoms with Crippen LogP contribution in [0.5, 0.6) is 0 Å². The summed E-state index contributed by atoms with van der Waals surface area (Å²) in [5.41, 5.74) is 1.16. The molecule has 2 nitrogen and oxygen atoms in total. The maximum Gasteiger partial charge on any atom is 0.461 e. The van der Waals surface area contributed by atoms with E-state index in [4.69, 9.17) is 20.9 Å². The molecule has 3 fully saturated rings. The minimum absolute atomic E-state index is 0.0685. The van der Waals surface area contributed by atoms with E-state index < -0.39 is 0 Å². The van der Waals surface area contributed by atoms with Crippen molar-refractivity contribution in [3.63, 3.8) is 0 Å². The number of hydrogen-bond acceptors (Lipinski definition) is 2. The van der Waals surface area contributed by atoms with Gasteiger partial charge in [0.15, 0.2) is 0 Å². The second-order valence-electron chi connectivity index (χ2n) is 9.28. The monoisotopic (exact) mass is 346 g/mol. The number of benzene rings is 1. The van der Waals surface area contributed by atoms with Gasteiger partial charge in [-0.15, -0.1) is 0 Å². The second-order valence-corrected chi connectivity index (χ2v) is 9.72. The Morgan fingerprint density at radius 2 is 1.50 bits per heavy atom. The van der Waals surface area contributed by atoms with Crippen molar-refractivity contribution < 1.29 is 9.31 Å². The first-order chi connectivity index (χ1) is 11.1. The maximum atomic E-state index is 6.38.